The molecule has 0 saturated heterocycles. The fourth-order valence-corrected chi connectivity index (χ4v) is 2.93. The van der Waals surface area contributed by atoms with E-state index in [4.69, 9.17) is 0 Å². The number of nitro groups is 1. The molecule has 6 heteroatoms. The van der Waals surface area contributed by atoms with Crippen molar-refractivity contribution in [2.45, 2.75) is 26.8 Å². The number of anilines is 1. The molecule has 2 rings (SSSR count). The van der Waals surface area contributed by atoms with Gasteiger partial charge in [0, 0.05) is 16.6 Å². The molecular weight excluding hydrogens is 274 g/mol. The normalized spacial score (nSPS) is 12.4. The van der Waals surface area contributed by atoms with Gasteiger partial charge >= 0.3 is 0 Å². The van der Waals surface area contributed by atoms with Crippen LogP contribution >= 0.6 is 11.3 Å². The van der Waals surface area contributed by atoms with Crippen molar-refractivity contribution in [2.75, 3.05) is 5.32 Å². The quantitative estimate of drug-likeness (QED) is 0.663. The second-order valence-corrected chi connectivity index (χ2v) is 5.97. The largest absolute Gasteiger partial charge is 0.362 e. The summed E-state index contributed by atoms with van der Waals surface area (Å²) in [6.45, 7) is 5.91. The molecule has 106 valence electrons. The SMILES string of the molecule is Cc1cnc(NC(c2cccs2)C(C)C)cc1[N+](=O)[O-]. The van der Waals surface area contributed by atoms with Gasteiger partial charge in [-0.25, -0.2) is 4.98 Å². The predicted molar refractivity (Wildman–Crippen MR) is 81.1 cm³/mol. The lowest BCUT2D eigenvalue weighted by Crippen LogP contribution is -2.16. The minimum atomic E-state index is -0.377. The predicted octanol–water partition coefficient (Wildman–Crippen LogP) is 4.17. The first-order valence-corrected chi connectivity index (χ1v) is 7.28. The molecule has 0 amide bonds. The van der Waals surface area contributed by atoms with Crippen molar-refractivity contribution in [1.29, 1.82) is 0 Å². The number of rotatable bonds is 5. The maximum Gasteiger partial charge on any atom is 0.277 e. The van der Waals surface area contributed by atoms with Crippen LogP contribution in [0, 0.1) is 23.0 Å². The Morgan fingerprint density at radius 3 is 2.75 bits per heavy atom. The Hall–Kier alpha value is -1.95. The molecule has 0 aromatic carbocycles. The Morgan fingerprint density at radius 2 is 2.20 bits per heavy atom. The molecule has 0 radical (unpaired) electrons. The minimum Gasteiger partial charge on any atom is -0.362 e. The van der Waals surface area contributed by atoms with Gasteiger partial charge in [-0.1, -0.05) is 19.9 Å². The number of nitrogens with zero attached hydrogens (tertiary/aromatic N) is 2. The summed E-state index contributed by atoms with van der Waals surface area (Å²) in [5, 5.41) is 16.3. The van der Waals surface area contributed by atoms with E-state index in [2.05, 4.69) is 30.2 Å². The van der Waals surface area contributed by atoms with Crippen molar-refractivity contribution in [3.8, 4) is 0 Å². The van der Waals surface area contributed by atoms with E-state index >= 15 is 0 Å². The third-order valence-electron chi connectivity index (χ3n) is 3.09. The minimum absolute atomic E-state index is 0.0937. The van der Waals surface area contributed by atoms with Crippen LogP contribution in [-0.2, 0) is 0 Å². The van der Waals surface area contributed by atoms with Crippen molar-refractivity contribution in [2.24, 2.45) is 5.92 Å². The third-order valence-corrected chi connectivity index (χ3v) is 4.05. The first-order chi connectivity index (χ1) is 9.49. The van der Waals surface area contributed by atoms with E-state index in [0.717, 1.165) is 0 Å². The smallest absolute Gasteiger partial charge is 0.277 e. The number of pyridine rings is 1. The summed E-state index contributed by atoms with van der Waals surface area (Å²) in [6, 6.07) is 5.66. The number of thiophene rings is 1. The highest BCUT2D eigenvalue weighted by molar-refractivity contribution is 7.10. The summed E-state index contributed by atoms with van der Waals surface area (Å²) >= 11 is 1.67. The molecule has 2 aromatic rings. The summed E-state index contributed by atoms with van der Waals surface area (Å²) in [5.74, 6) is 0.894. The topological polar surface area (TPSA) is 68.1 Å². The summed E-state index contributed by atoms with van der Waals surface area (Å²) in [6.07, 6.45) is 1.53. The first-order valence-electron chi connectivity index (χ1n) is 6.40. The molecule has 0 bridgehead atoms. The van der Waals surface area contributed by atoms with E-state index in [-0.39, 0.29) is 16.7 Å². The van der Waals surface area contributed by atoms with Crippen LogP contribution in [0.25, 0.3) is 0 Å². The Balaban J connectivity index is 2.28. The molecule has 1 unspecified atom stereocenters. The van der Waals surface area contributed by atoms with Gasteiger partial charge < -0.3 is 5.32 Å². The summed E-state index contributed by atoms with van der Waals surface area (Å²) in [5.41, 5.74) is 0.661. The third kappa shape index (κ3) is 3.14. The summed E-state index contributed by atoms with van der Waals surface area (Å²) < 4.78 is 0. The lowest BCUT2D eigenvalue weighted by atomic mass is 10.0. The first kappa shape index (κ1) is 14.5. The van der Waals surface area contributed by atoms with Gasteiger partial charge in [0.25, 0.3) is 5.69 Å². The van der Waals surface area contributed by atoms with E-state index in [1.807, 2.05) is 11.4 Å². The van der Waals surface area contributed by atoms with Crippen molar-refractivity contribution in [3.63, 3.8) is 0 Å². The zero-order valence-electron chi connectivity index (χ0n) is 11.7. The standard InChI is InChI=1S/C14H17N3O2S/c1-9(2)14(12-5-4-6-20-12)16-13-7-11(17(18)19)10(3)8-15-13/h4-9,14H,1-3H3,(H,15,16). The molecule has 0 fully saturated rings. The molecule has 5 nitrogen and oxygen atoms in total. The van der Waals surface area contributed by atoms with Gasteiger partial charge in [-0.15, -0.1) is 11.3 Å². The highest BCUT2D eigenvalue weighted by Crippen LogP contribution is 2.30. The van der Waals surface area contributed by atoms with Crippen LogP contribution in [0.2, 0.25) is 0 Å². The van der Waals surface area contributed by atoms with E-state index in [1.165, 1.54) is 17.1 Å². The van der Waals surface area contributed by atoms with Crippen molar-refractivity contribution in [3.05, 3.63) is 50.3 Å². The van der Waals surface area contributed by atoms with Gasteiger partial charge in [0.2, 0.25) is 0 Å². The van der Waals surface area contributed by atoms with Crippen molar-refractivity contribution < 1.29 is 4.92 Å². The van der Waals surface area contributed by atoms with Gasteiger partial charge in [-0.2, -0.15) is 0 Å². The van der Waals surface area contributed by atoms with Crippen LogP contribution in [0.1, 0.15) is 30.3 Å². The molecular formula is C14H17N3O2S. The lowest BCUT2D eigenvalue weighted by Gasteiger charge is -2.21. The lowest BCUT2D eigenvalue weighted by molar-refractivity contribution is -0.385. The summed E-state index contributed by atoms with van der Waals surface area (Å²) in [7, 11) is 0. The van der Waals surface area contributed by atoms with Gasteiger partial charge in [0.05, 0.1) is 17.0 Å². The van der Waals surface area contributed by atoms with Crippen LogP contribution in [0.3, 0.4) is 0 Å². The molecule has 1 atom stereocenters. The van der Waals surface area contributed by atoms with Crippen molar-refractivity contribution >= 4 is 22.8 Å². The van der Waals surface area contributed by atoms with Crippen LogP contribution < -0.4 is 5.32 Å². The highest BCUT2D eigenvalue weighted by atomic mass is 32.1. The van der Waals surface area contributed by atoms with Crippen LogP contribution in [-0.4, -0.2) is 9.91 Å². The van der Waals surface area contributed by atoms with Crippen molar-refractivity contribution in [1.82, 2.24) is 4.98 Å². The molecule has 2 aromatic heterocycles. The van der Waals surface area contributed by atoms with Crippen LogP contribution in [0.4, 0.5) is 11.5 Å². The molecule has 0 saturated carbocycles. The van der Waals surface area contributed by atoms with Crippen LogP contribution in [0.15, 0.2) is 29.8 Å². The number of aromatic nitrogens is 1. The van der Waals surface area contributed by atoms with Gasteiger partial charge in [-0.05, 0) is 24.3 Å². The van der Waals surface area contributed by atoms with E-state index in [1.54, 1.807) is 18.3 Å². The van der Waals surface area contributed by atoms with Gasteiger partial charge in [0.1, 0.15) is 5.82 Å². The van der Waals surface area contributed by atoms with E-state index < -0.39 is 0 Å². The molecule has 2 heterocycles. The molecule has 20 heavy (non-hydrogen) atoms. The number of hydrogen-bond acceptors (Lipinski definition) is 5. The van der Waals surface area contributed by atoms with E-state index in [0.29, 0.717) is 17.3 Å². The molecule has 0 aliphatic carbocycles. The molecule has 0 aliphatic rings. The van der Waals surface area contributed by atoms with Gasteiger partial charge in [-0.3, -0.25) is 10.1 Å². The van der Waals surface area contributed by atoms with Crippen LogP contribution in [0.5, 0.6) is 0 Å². The van der Waals surface area contributed by atoms with Gasteiger partial charge in [0.15, 0.2) is 0 Å². The fraction of sp³-hybridized carbons (Fsp3) is 0.357. The Labute approximate surface area is 121 Å². The molecule has 0 spiro atoms. The number of hydrogen-bond donors (Lipinski definition) is 1. The molecule has 1 N–H and O–H groups in total. The monoisotopic (exact) mass is 291 g/mol. The zero-order chi connectivity index (χ0) is 14.7. The average Bonchev–Trinajstić information content (AvgIpc) is 2.90. The Kier molecular flexibility index (Phi) is 4.34. The Bertz CT molecular complexity index is 596. The maximum absolute atomic E-state index is 11.0. The highest BCUT2D eigenvalue weighted by Gasteiger charge is 2.19. The second-order valence-electron chi connectivity index (χ2n) is 4.99. The zero-order valence-corrected chi connectivity index (χ0v) is 12.5. The number of aryl methyl sites for hydroxylation is 1. The maximum atomic E-state index is 11.0. The Morgan fingerprint density at radius 1 is 1.45 bits per heavy atom. The molecule has 0 aliphatic heterocycles. The van der Waals surface area contributed by atoms with E-state index in [9.17, 15) is 10.1 Å². The fourth-order valence-electron chi connectivity index (χ4n) is 1.98. The number of nitrogens with one attached hydrogen (secondary N) is 1. The average molecular weight is 291 g/mol. The summed E-state index contributed by atoms with van der Waals surface area (Å²) in [4.78, 5) is 16.0. The second kappa shape index (κ2) is 6.00.